The molecule has 2 aromatic heterocycles. The molecule has 1 N–H and O–H groups in total. The van der Waals surface area contributed by atoms with Crippen LogP contribution >= 0.6 is 0 Å². The first kappa shape index (κ1) is 17.8. The molecule has 3 rings (SSSR count). The van der Waals surface area contributed by atoms with E-state index in [0.29, 0.717) is 17.8 Å². The summed E-state index contributed by atoms with van der Waals surface area (Å²) >= 11 is 0. The summed E-state index contributed by atoms with van der Waals surface area (Å²) < 4.78 is 40.6. The Morgan fingerprint density at radius 3 is 2.52 bits per heavy atom. The lowest BCUT2D eigenvalue weighted by Crippen LogP contribution is -2.21. The lowest BCUT2D eigenvalue weighted by Gasteiger charge is -2.26. The number of carbonyl (C=O) groups excluding carboxylic acids is 1. The number of pyridine rings is 1. The predicted molar refractivity (Wildman–Crippen MR) is 89.5 cm³/mol. The van der Waals surface area contributed by atoms with Gasteiger partial charge in [0.2, 0.25) is 5.91 Å². The average molecular weight is 353 g/mol. The molecule has 0 spiro atoms. The van der Waals surface area contributed by atoms with Crippen molar-refractivity contribution in [3.8, 4) is 0 Å². The van der Waals surface area contributed by atoms with Crippen LogP contribution < -0.4 is 5.32 Å². The Kier molecular flexibility index (Phi) is 4.29. The quantitative estimate of drug-likeness (QED) is 0.844. The summed E-state index contributed by atoms with van der Waals surface area (Å²) in [5.74, 6) is 0.358. The first-order chi connectivity index (χ1) is 11.5. The van der Waals surface area contributed by atoms with E-state index in [1.807, 2.05) is 20.8 Å². The molecule has 1 aliphatic carbocycles. The summed E-state index contributed by atoms with van der Waals surface area (Å²) in [6.07, 6.45) is 0.0624. The third kappa shape index (κ3) is 3.80. The van der Waals surface area contributed by atoms with Crippen LogP contribution in [0.25, 0.3) is 5.52 Å². The van der Waals surface area contributed by atoms with Gasteiger partial charge in [-0.3, -0.25) is 4.79 Å². The third-order valence-corrected chi connectivity index (χ3v) is 4.46. The van der Waals surface area contributed by atoms with Gasteiger partial charge in [0.25, 0.3) is 0 Å². The number of nitrogens with one attached hydrogen (secondary N) is 1. The van der Waals surface area contributed by atoms with Crippen LogP contribution in [-0.4, -0.2) is 15.5 Å². The molecule has 136 valence electrons. The minimum absolute atomic E-state index is 0.144. The average Bonchev–Trinajstić information content (AvgIpc) is 2.71. The second-order valence-electron chi connectivity index (χ2n) is 7.92. The van der Waals surface area contributed by atoms with E-state index in [9.17, 15) is 18.0 Å². The Bertz CT molecular complexity index is 798. The minimum Gasteiger partial charge on any atom is -0.309 e. The maximum atomic E-state index is 13.0. The highest BCUT2D eigenvalue weighted by molar-refractivity contribution is 5.92. The molecule has 0 saturated heterocycles. The second-order valence-corrected chi connectivity index (χ2v) is 7.92. The zero-order chi connectivity index (χ0) is 18.4. The van der Waals surface area contributed by atoms with E-state index in [1.165, 1.54) is 10.7 Å². The van der Waals surface area contributed by atoms with Crippen molar-refractivity contribution in [1.82, 2.24) is 9.61 Å². The summed E-state index contributed by atoms with van der Waals surface area (Å²) in [7, 11) is 0. The third-order valence-electron chi connectivity index (χ3n) is 4.46. The van der Waals surface area contributed by atoms with Gasteiger partial charge in [-0.05, 0) is 36.3 Å². The number of rotatable bonds is 3. The predicted octanol–water partition coefficient (Wildman–Crippen LogP) is 5.00. The first-order valence-electron chi connectivity index (χ1n) is 8.44. The number of amides is 1. The van der Waals surface area contributed by atoms with Crippen molar-refractivity contribution >= 4 is 17.2 Å². The van der Waals surface area contributed by atoms with Crippen LogP contribution in [0, 0.1) is 5.41 Å². The van der Waals surface area contributed by atoms with Gasteiger partial charge in [-0.2, -0.15) is 13.2 Å². The van der Waals surface area contributed by atoms with Gasteiger partial charge in [0, 0.05) is 18.2 Å². The van der Waals surface area contributed by atoms with Crippen LogP contribution in [-0.2, 0) is 11.0 Å². The van der Waals surface area contributed by atoms with Crippen LogP contribution in [0.1, 0.15) is 63.5 Å². The molecule has 1 aliphatic rings. The van der Waals surface area contributed by atoms with E-state index >= 15 is 0 Å². The summed E-state index contributed by atoms with van der Waals surface area (Å²) in [6.45, 7) is 5.87. The van der Waals surface area contributed by atoms with Gasteiger partial charge in [-0.15, -0.1) is 5.10 Å². The van der Waals surface area contributed by atoms with E-state index in [1.54, 1.807) is 0 Å². The van der Waals surface area contributed by atoms with Crippen LogP contribution in [0.5, 0.6) is 0 Å². The lowest BCUT2D eigenvalue weighted by molar-refractivity contribution is -0.137. The Morgan fingerprint density at radius 1 is 1.32 bits per heavy atom. The molecule has 0 aromatic carbocycles. The summed E-state index contributed by atoms with van der Waals surface area (Å²) in [6, 6.07) is 2.13. The molecule has 25 heavy (non-hydrogen) atoms. The van der Waals surface area contributed by atoms with Crippen LogP contribution in [0.4, 0.5) is 19.0 Å². The molecule has 2 aromatic rings. The highest BCUT2D eigenvalue weighted by Crippen LogP contribution is 2.43. The monoisotopic (exact) mass is 353 g/mol. The number of nitrogens with zero attached hydrogens (tertiary/aromatic N) is 2. The highest BCUT2D eigenvalue weighted by atomic mass is 19.4. The fourth-order valence-corrected chi connectivity index (χ4v) is 3.09. The fourth-order valence-electron chi connectivity index (χ4n) is 3.09. The van der Waals surface area contributed by atoms with Crippen LogP contribution in [0.15, 0.2) is 18.3 Å². The molecule has 4 nitrogen and oxygen atoms in total. The molecule has 0 aliphatic heterocycles. The molecule has 0 radical (unpaired) electrons. The number of aromatic nitrogens is 2. The molecule has 0 atom stereocenters. The second kappa shape index (κ2) is 6.04. The lowest BCUT2D eigenvalue weighted by atomic mass is 9.80. The van der Waals surface area contributed by atoms with Crippen molar-refractivity contribution in [1.29, 1.82) is 0 Å². The molecule has 7 heteroatoms. The first-order valence-corrected chi connectivity index (χ1v) is 8.44. The minimum atomic E-state index is -4.40. The van der Waals surface area contributed by atoms with E-state index in [0.717, 1.165) is 37.0 Å². The standard InChI is InChI=1S/C18H22F3N3O/c1-17(2,3)10-14(25)22-16-15(11-5-4-6-11)13-9-12(18(19,20)21)7-8-24(13)23-16/h7-9,11H,4-6,10H2,1-3H3,(H,22,23,25). The Hall–Kier alpha value is -2.05. The fraction of sp³-hybridized carbons (Fsp3) is 0.556. The number of hydrogen-bond donors (Lipinski definition) is 1. The van der Waals surface area contributed by atoms with Crippen molar-refractivity contribution in [3.05, 3.63) is 29.5 Å². The van der Waals surface area contributed by atoms with Crippen molar-refractivity contribution in [3.63, 3.8) is 0 Å². The number of hydrogen-bond acceptors (Lipinski definition) is 2. The van der Waals surface area contributed by atoms with E-state index in [2.05, 4.69) is 10.4 Å². The van der Waals surface area contributed by atoms with Gasteiger partial charge < -0.3 is 5.32 Å². The molecular formula is C18H22F3N3O. The van der Waals surface area contributed by atoms with Gasteiger partial charge in [-0.1, -0.05) is 27.2 Å². The normalized spacial score (nSPS) is 16.1. The van der Waals surface area contributed by atoms with Crippen LogP contribution in [0.3, 0.4) is 0 Å². The summed E-state index contributed by atoms with van der Waals surface area (Å²) in [5.41, 5.74) is 0.266. The van der Waals surface area contributed by atoms with Gasteiger partial charge in [-0.25, -0.2) is 4.52 Å². The number of carbonyl (C=O) groups is 1. The molecule has 1 fully saturated rings. The Morgan fingerprint density at radius 2 is 2.00 bits per heavy atom. The number of halogens is 3. The van der Waals surface area contributed by atoms with E-state index in [-0.39, 0.29) is 17.2 Å². The molecule has 0 bridgehead atoms. The van der Waals surface area contributed by atoms with Gasteiger partial charge in [0.05, 0.1) is 11.1 Å². The van der Waals surface area contributed by atoms with Gasteiger partial charge in [0.1, 0.15) is 0 Å². The molecule has 0 unspecified atom stereocenters. The Labute approximate surface area is 144 Å². The SMILES string of the molecule is CC(C)(C)CC(=O)Nc1nn2ccc(C(F)(F)F)cc2c1C1CCC1. The number of anilines is 1. The Balaban J connectivity index is 2.01. The topological polar surface area (TPSA) is 46.4 Å². The van der Waals surface area contributed by atoms with Crippen molar-refractivity contribution < 1.29 is 18.0 Å². The summed E-state index contributed by atoms with van der Waals surface area (Å²) in [4.78, 5) is 12.3. The van der Waals surface area contributed by atoms with Crippen molar-refractivity contribution in [2.45, 2.75) is 58.5 Å². The van der Waals surface area contributed by atoms with Crippen LogP contribution in [0.2, 0.25) is 0 Å². The molecular weight excluding hydrogens is 331 g/mol. The zero-order valence-electron chi connectivity index (χ0n) is 14.6. The van der Waals surface area contributed by atoms with Gasteiger partial charge >= 0.3 is 6.18 Å². The number of fused-ring (bicyclic) bond motifs is 1. The van der Waals surface area contributed by atoms with Crippen molar-refractivity contribution in [2.75, 3.05) is 5.32 Å². The smallest absolute Gasteiger partial charge is 0.309 e. The van der Waals surface area contributed by atoms with E-state index in [4.69, 9.17) is 0 Å². The molecule has 1 saturated carbocycles. The number of alkyl halides is 3. The zero-order valence-corrected chi connectivity index (χ0v) is 14.6. The largest absolute Gasteiger partial charge is 0.416 e. The van der Waals surface area contributed by atoms with Gasteiger partial charge in [0.15, 0.2) is 5.82 Å². The highest BCUT2D eigenvalue weighted by Gasteiger charge is 2.33. The maximum Gasteiger partial charge on any atom is 0.416 e. The molecule has 1 amide bonds. The molecule has 2 heterocycles. The summed E-state index contributed by atoms with van der Waals surface area (Å²) in [5, 5.41) is 7.14. The van der Waals surface area contributed by atoms with E-state index < -0.39 is 11.7 Å². The maximum absolute atomic E-state index is 13.0. The van der Waals surface area contributed by atoms with Crippen molar-refractivity contribution in [2.24, 2.45) is 5.41 Å².